The molecule has 1 aliphatic rings. The molecule has 2 aromatic carbocycles. The maximum Gasteiger partial charge on any atom is 0.259 e. The Morgan fingerprint density at radius 2 is 1.09 bits per heavy atom. The highest BCUT2D eigenvalue weighted by Gasteiger charge is 2.67. The Balaban J connectivity index is 1.39. The van der Waals surface area contributed by atoms with E-state index in [0.29, 0.717) is 13.2 Å². The number of hydrogen-bond acceptors (Lipinski definition) is 2. The van der Waals surface area contributed by atoms with Crippen LogP contribution in [0, 0.1) is 11.8 Å². The summed E-state index contributed by atoms with van der Waals surface area (Å²) in [7, 11) is 0. The number of hydrogen-bond donors (Lipinski definition) is 0. The zero-order valence-corrected chi connectivity index (χ0v) is 12.8. The lowest BCUT2D eigenvalue weighted by Gasteiger charge is -2.04. The van der Waals surface area contributed by atoms with Crippen molar-refractivity contribution >= 4 is 0 Å². The maximum atomic E-state index is 13.8. The maximum absolute atomic E-state index is 13.8. The largest absolute Gasteiger partial charge is 0.376 e. The molecule has 1 fully saturated rings. The standard InChI is InChI=1S/C19H20F2O2/c20-19(21)17(13-22-11-15-7-3-1-4-8-15)18(19)14-23-12-16-9-5-2-6-10-16/h1-10,17-18H,11-14H2/t17-,18+. The fourth-order valence-electron chi connectivity index (χ4n) is 2.67. The highest BCUT2D eigenvalue weighted by Crippen LogP contribution is 2.55. The molecule has 0 saturated heterocycles. The van der Waals surface area contributed by atoms with Gasteiger partial charge in [-0.2, -0.15) is 0 Å². The molecule has 2 nitrogen and oxygen atoms in total. The van der Waals surface area contributed by atoms with Crippen LogP contribution in [0.3, 0.4) is 0 Å². The Morgan fingerprint density at radius 3 is 1.48 bits per heavy atom. The molecule has 2 atom stereocenters. The summed E-state index contributed by atoms with van der Waals surface area (Å²) in [4.78, 5) is 0. The normalized spacial score (nSPS) is 22.0. The predicted octanol–water partition coefficient (Wildman–Crippen LogP) is 4.30. The van der Waals surface area contributed by atoms with Crippen LogP contribution in [0.1, 0.15) is 11.1 Å². The molecular weight excluding hydrogens is 298 g/mol. The van der Waals surface area contributed by atoms with Gasteiger partial charge in [-0.05, 0) is 11.1 Å². The monoisotopic (exact) mass is 318 g/mol. The summed E-state index contributed by atoms with van der Waals surface area (Å²) in [5.74, 6) is -4.14. The quantitative estimate of drug-likeness (QED) is 0.722. The van der Waals surface area contributed by atoms with Crippen molar-refractivity contribution in [2.75, 3.05) is 13.2 Å². The van der Waals surface area contributed by atoms with E-state index in [1.807, 2.05) is 60.7 Å². The lowest BCUT2D eigenvalue weighted by Crippen LogP contribution is -2.03. The van der Waals surface area contributed by atoms with Crippen LogP contribution in [-0.4, -0.2) is 19.1 Å². The van der Waals surface area contributed by atoms with Crippen LogP contribution >= 0.6 is 0 Å². The van der Waals surface area contributed by atoms with Crippen molar-refractivity contribution in [1.82, 2.24) is 0 Å². The SMILES string of the molecule is FC1(F)[C@H](COCc2ccccc2)[C@@H]1COCc1ccccc1. The lowest BCUT2D eigenvalue weighted by atomic mass is 10.2. The van der Waals surface area contributed by atoms with Gasteiger partial charge >= 0.3 is 0 Å². The van der Waals surface area contributed by atoms with Gasteiger partial charge in [0, 0.05) is 0 Å². The first-order valence-electron chi connectivity index (χ1n) is 7.79. The van der Waals surface area contributed by atoms with E-state index in [1.54, 1.807) is 0 Å². The van der Waals surface area contributed by atoms with Gasteiger partial charge < -0.3 is 9.47 Å². The molecule has 122 valence electrons. The molecule has 0 heterocycles. The minimum Gasteiger partial charge on any atom is -0.376 e. The molecule has 2 aromatic rings. The molecule has 4 heteroatoms. The fourth-order valence-corrected chi connectivity index (χ4v) is 2.67. The molecule has 0 aromatic heterocycles. The van der Waals surface area contributed by atoms with E-state index in [9.17, 15) is 8.78 Å². The van der Waals surface area contributed by atoms with Gasteiger partial charge in [0.05, 0.1) is 38.3 Å². The van der Waals surface area contributed by atoms with Crippen LogP contribution in [0.15, 0.2) is 60.7 Å². The Bertz CT molecular complexity index is 548. The highest BCUT2D eigenvalue weighted by molar-refractivity contribution is 5.14. The van der Waals surface area contributed by atoms with Crippen molar-refractivity contribution in [1.29, 1.82) is 0 Å². The van der Waals surface area contributed by atoms with Gasteiger partial charge in [-0.3, -0.25) is 0 Å². The molecule has 0 spiro atoms. The Hall–Kier alpha value is -1.78. The number of halogens is 2. The molecule has 0 N–H and O–H groups in total. The van der Waals surface area contributed by atoms with Gasteiger partial charge in [-0.1, -0.05) is 60.7 Å². The van der Waals surface area contributed by atoms with Crippen molar-refractivity contribution in [3.63, 3.8) is 0 Å². The second-order valence-electron chi connectivity index (χ2n) is 5.89. The minimum absolute atomic E-state index is 0.0707. The number of rotatable bonds is 8. The Kier molecular flexibility index (Phi) is 5.03. The summed E-state index contributed by atoms with van der Waals surface area (Å²) < 4.78 is 38.4. The first-order chi connectivity index (χ1) is 11.2. The fraction of sp³-hybridized carbons (Fsp3) is 0.368. The summed E-state index contributed by atoms with van der Waals surface area (Å²) in [5, 5.41) is 0. The van der Waals surface area contributed by atoms with E-state index in [0.717, 1.165) is 11.1 Å². The third kappa shape index (κ3) is 4.15. The van der Waals surface area contributed by atoms with Crippen molar-refractivity contribution in [3.8, 4) is 0 Å². The van der Waals surface area contributed by atoms with E-state index in [1.165, 1.54) is 0 Å². The average Bonchev–Trinajstić information content (AvgIpc) is 3.09. The predicted molar refractivity (Wildman–Crippen MR) is 84.1 cm³/mol. The van der Waals surface area contributed by atoms with Gasteiger partial charge in [0.2, 0.25) is 0 Å². The molecule has 1 saturated carbocycles. The van der Waals surface area contributed by atoms with Crippen molar-refractivity contribution in [3.05, 3.63) is 71.8 Å². The molecule has 0 bridgehead atoms. The molecule has 0 amide bonds. The van der Waals surface area contributed by atoms with Gasteiger partial charge in [-0.15, -0.1) is 0 Å². The third-order valence-electron chi connectivity index (χ3n) is 4.18. The van der Waals surface area contributed by atoms with Gasteiger partial charge in [-0.25, -0.2) is 8.78 Å². The number of alkyl halides is 2. The topological polar surface area (TPSA) is 18.5 Å². The molecule has 0 unspecified atom stereocenters. The molecule has 3 rings (SSSR count). The first-order valence-corrected chi connectivity index (χ1v) is 7.79. The highest BCUT2D eigenvalue weighted by atomic mass is 19.3. The van der Waals surface area contributed by atoms with Crippen LogP contribution in [0.25, 0.3) is 0 Å². The second kappa shape index (κ2) is 7.20. The summed E-state index contributed by atoms with van der Waals surface area (Å²) in [5.41, 5.74) is 1.99. The number of ether oxygens (including phenoxy) is 2. The first kappa shape index (κ1) is 16.1. The smallest absolute Gasteiger partial charge is 0.259 e. The third-order valence-corrected chi connectivity index (χ3v) is 4.18. The van der Waals surface area contributed by atoms with Crippen LogP contribution in [0.2, 0.25) is 0 Å². The molecular formula is C19H20F2O2. The van der Waals surface area contributed by atoms with E-state index in [2.05, 4.69) is 0 Å². The van der Waals surface area contributed by atoms with Crippen molar-refractivity contribution in [2.45, 2.75) is 19.1 Å². The summed E-state index contributed by atoms with van der Waals surface area (Å²) >= 11 is 0. The van der Waals surface area contributed by atoms with Crippen LogP contribution in [-0.2, 0) is 22.7 Å². The van der Waals surface area contributed by atoms with Gasteiger partial charge in [0.25, 0.3) is 5.92 Å². The van der Waals surface area contributed by atoms with Crippen LogP contribution in [0.4, 0.5) is 8.78 Å². The Morgan fingerprint density at radius 1 is 0.696 bits per heavy atom. The van der Waals surface area contributed by atoms with Gasteiger partial charge in [0.15, 0.2) is 0 Å². The zero-order valence-electron chi connectivity index (χ0n) is 12.8. The molecule has 23 heavy (non-hydrogen) atoms. The van der Waals surface area contributed by atoms with Crippen molar-refractivity contribution < 1.29 is 18.3 Å². The van der Waals surface area contributed by atoms with E-state index >= 15 is 0 Å². The van der Waals surface area contributed by atoms with Gasteiger partial charge in [0.1, 0.15) is 0 Å². The summed E-state index contributed by atoms with van der Waals surface area (Å²) in [6.07, 6.45) is 0. The van der Waals surface area contributed by atoms with Crippen molar-refractivity contribution in [2.24, 2.45) is 11.8 Å². The van der Waals surface area contributed by atoms with E-state index in [-0.39, 0.29) is 13.2 Å². The van der Waals surface area contributed by atoms with Crippen LogP contribution < -0.4 is 0 Å². The zero-order chi connectivity index (χ0) is 16.1. The minimum atomic E-state index is -2.67. The summed E-state index contributed by atoms with van der Waals surface area (Å²) in [6.45, 7) is 0.874. The number of benzene rings is 2. The molecule has 0 aliphatic heterocycles. The van der Waals surface area contributed by atoms with Crippen LogP contribution in [0.5, 0.6) is 0 Å². The Labute approximate surface area is 135 Å². The van der Waals surface area contributed by atoms with E-state index < -0.39 is 17.8 Å². The lowest BCUT2D eigenvalue weighted by molar-refractivity contribution is 0.0353. The summed E-state index contributed by atoms with van der Waals surface area (Å²) in [6, 6.07) is 19.1. The second-order valence-corrected chi connectivity index (χ2v) is 5.89. The molecule has 0 radical (unpaired) electrons. The average molecular weight is 318 g/mol. The molecule has 1 aliphatic carbocycles. The van der Waals surface area contributed by atoms with E-state index in [4.69, 9.17) is 9.47 Å².